The summed E-state index contributed by atoms with van der Waals surface area (Å²) < 4.78 is 10.8. The molecule has 32 heavy (non-hydrogen) atoms. The lowest BCUT2D eigenvalue weighted by Gasteiger charge is -2.35. The number of aliphatic hydroxyl groups is 1. The second-order valence-corrected chi connectivity index (χ2v) is 8.19. The van der Waals surface area contributed by atoms with E-state index in [1.807, 2.05) is 32.0 Å². The number of anilines is 1. The summed E-state index contributed by atoms with van der Waals surface area (Å²) in [5.41, 5.74) is 3.01. The number of piperazine rings is 1. The number of phenolic OH excluding ortho intramolecular Hbond substituents is 1. The molecule has 1 fully saturated rings. The highest BCUT2D eigenvalue weighted by molar-refractivity contribution is 5.93. The molecule has 0 saturated carbocycles. The average molecular weight is 444 g/mol. The molecule has 1 atom stereocenters. The number of benzene rings is 2. The van der Waals surface area contributed by atoms with E-state index in [4.69, 9.17) is 9.47 Å². The van der Waals surface area contributed by atoms with Crippen LogP contribution in [0.15, 0.2) is 36.4 Å². The minimum absolute atomic E-state index is 0.00987. The largest absolute Gasteiger partial charge is 0.508 e. The highest BCUT2D eigenvalue weighted by Gasteiger charge is 2.21. The third-order valence-corrected chi connectivity index (χ3v) is 5.63. The van der Waals surface area contributed by atoms with Gasteiger partial charge in [0, 0.05) is 44.5 Å². The molecule has 1 unspecified atom stereocenters. The van der Waals surface area contributed by atoms with Crippen LogP contribution in [-0.4, -0.2) is 85.0 Å². The minimum Gasteiger partial charge on any atom is -0.508 e. The highest BCUT2D eigenvalue weighted by atomic mass is 16.5. The molecule has 8 heteroatoms. The molecule has 0 bridgehead atoms. The Labute approximate surface area is 189 Å². The van der Waals surface area contributed by atoms with Crippen molar-refractivity contribution in [2.24, 2.45) is 0 Å². The van der Waals surface area contributed by atoms with Crippen molar-refractivity contribution < 1.29 is 24.5 Å². The Hall–Kier alpha value is -2.81. The van der Waals surface area contributed by atoms with E-state index in [-0.39, 0.29) is 18.3 Å². The van der Waals surface area contributed by atoms with Crippen molar-refractivity contribution >= 4 is 11.6 Å². The fourth-order valence-electron chi connectivity index (χ4n) is 3.84. The van der Waals surface area contributed by atoms with Crippen LogP contribution < -0.4 is 14.8 Å². The second kappa shape index (κ2) is 11.2. The summed E-state index contributed by atoms with van der Waals surface area (Å²) in [4.78, 5) is 16.8. The smallest absolute Gasteiger partial charge is 0.238 e. The second-order valence-electron chi connectivity index (χ2n) is 8.19. The summed E-state index contributed by atoms with van der Waals surface area (Å²) in [5, 5.41) is 23.0. The number of ether oxygens (including phenoxy) is 2. The summed E-state index contributed by atoms with van der Waals surface area (Å²) in [6.45, 7) is 7.96. The minimum atomic E-state index is -0.680. The number of nitrogens with one attached hydrogen (secondary N) is 1. The maximum absolute atomic E-state index is 12.5. The summed E-state index contributed by atoms with van der Waals surface area (Å²) in [6, 6.07) is 10.6. The van der Waals surface area contributed by atoms with E-state index >= 15 is 0 Å². The lowest BCUT2D eigenvalue weighted by atomic mass is 10.1. The quantitative estimate of drug-likeness (QED) is 0.546. The molecule has 174 valence electrons. The van der Waals surface area contributed by atoms with Gasteiger partial charge in [-0.2, -0.15) is 0 Å². The number of aromatic hydroxyl groups is 1. The third kappa shape index (κ3) is 6.59. The van der Waals surface area contributed by atoms with Crippen LogP contribution in [-0.2, 0) is 4.79 Å². The third-order valence-electron chi connectivity index (χ3n) is 5.63. The van der Waals surface area contributed by atoms with Crippen LogP contribution >= 0.6 is 0 Å². The van der Waals surface area contributed by atoms with Crippen molar-refractivity contribution in [2.75, 3.05) is 58.3 Å². The van der Waals surface area contributed by atoms with E-state index in [1.54, 1.807) is 6.07 Å². The SMILES string of the molecule is COc1ccc(O)cc1OCC(O)CN1CCN(CC(=O)Nc2c(C)cccc2C)CC1. The van der Waals surface area contributed by atoms with Crippen LogP contribution in [0.1, 0.15) is 11.1 Å². The van der Waals surface area contributed by atoms with E-state index in [0.29, 0.717) is 24.6 Å². The van der Waals surface area contributed by atoms with Crippen LogP contribution in [0.5, 0.6) is 17.2 Å². The Morgan fingerprint density at radius 2 is 1.72 bits per heavy atom. The number of aryl methyl sites for hydroxylation is 2. The molecule has 1 aliphatic rings. The van der Waals surface area contributed by atoms with Gasteiger partial charge in [0.05, 0.1) is 13.7 Å². The molecule has 3 rings (SSSR count). The van der Waals surface area contributed by atoms with Gasteiger partial charge in [-0.25, -0.2) is 0 Å². The van der Waals surface area contributed by atoms with Gasteiger partial charge in [-0.3, -0.25) is 14.6 Å². The van der Waals surface area contributed by atoms with Crippen LogP contribution in [0.4, 0.5) is 5.69 Å². The first kappa shape index (κ1) is 23.8. The molecule has 1 saturated heterocycles. The molecule has 0 aliphatic carbocycles. The van der Waals surface area contributed by atoms with E-state index in [9.17, 15) is 15.0 Å². The van der Waals surface area contributed by atoms with E-state index < -0.39 is 6.10 Å². The zero-order chi connectivity index (χ0) is 23.1. The van der Waals surface area contributed by atoms with Crippen LogP contribution in [0, 0.1) is 13.8 Å². The lowest BCUT2D eigenvalue weighted by Crippen LogP contribution is -2.50. The number of nitrogens with zero attached hydrogens (tertiary/aromatic N) is 2. The van der Waals surface area contributed by atoms with Crippen molar-refractivity contribution in [3.63, 3.8) is 0 Å². The molecular weight excluding hydrogens is 410 g/mol. The molecule has 3 N–H and O–H groups in total. The Bertz CT molecular complexity index is 892. The standard InChI is InChI=1S/C24H33N3O5/c1-17-5-4-6-18(2)24(17)25-23(30)15-27-11-9-26(10-12-27)14-20(29)16-32-22-13-19(28)7-8-21(22)31-3/h4-8,13,20,28-29H,9-12,14-16H2,1-3H3,(H,25,30). The van der Waals surface area contributed by atoms with Gasteiger partial charge in [0.15, 0.2) is 11.5 Å². The van der Waals surface area contributed by atoms with Gasteiger partial charge >= 0.3 is 0 Å². The van der Waals surface area contributed by atoms with Crippen molar-refractivity contribution in [3.05, 3.63) is 47.5 Å². The molecule has 1 amide bonds. The van der Waals surface area contributed by atoms with Crippen molar-refractivity contribution in [3.8, 4) is 17.2 Å². The Morgan fingerprint density at radius 3 is 2.38 bits per heavy atom. The number of hydrogen-bond acceptors (Lipinski definition) is 7. The number of methoxy groups -OCH3 is 1. The molecule has 0 aromatic heterocycles. The van der Waals surface area contributed by atoms with Gasteiger partial charge in [-0.05, 0) is 37.1 Å². The molecular formula is C24H33N3O5. The fourth-order valence-corrected chi connectivity index (χ4v) is 3.84. The number of para-hydroxylation sites is 1. The maximum Gasteiger partial charge on any atom is 0.238 e. The predicted molar refractivity (Wildman–Crippen MR) is 124 cm³/mol. The van der Waals surface area contributed by atoms with E-state index in [0.717, 1.165) is 43.0 Å². The molecule has 8 nitrogen and oxygen atoms in total. The molecule has 2 aromatic carbocycles. The van der Waals surface area contributed by atoms with Crippen LogP contribution in [0.25, 0.3) is 0 Å². The zero-order valence-electron chi connectivity index (χ0n) is 19.0. The highest BCUT2D eigenvalue weighted by Crippen LogP contribution is 2.30. The molecule has 1 heterocycles. The van der Waals surface area contributed by atoms with Gasteiger partial charge in [0.2, 0.25) is 5.91 Å². The van der Waals surface area contributed by atoms with Crippen molar-refractivity contribution in [2.45, 2.75) is 20.0 Å². The fraction of sp³-hybridized carbons (Fsp3) is 0.458. The summed E-state index contributed by atoms with van der Waals surface area (Å²) in [7, 11) is 1.53. The number of amides is 1. The molecule has 0 radical (unpaired) electrons. The van der Waals surface area contributed by atoms with Crippen LogP contribution in [0.3, 0.4) is 0 Å². The van der Waals surface area contributed by atoms with E-state index in [1.165, 1.54) is 19.2 Å². The normalized spacial score (nSPS) is 15.9. The predicted octanol–water partition coefficient (Wildman–Crippen LogP) is 2.01. The van der Waals surface area contributed by atoms with Crippen molar-refractivity contribution in [1.82, 2.24) is 9.80 Å². The topological polar surface area (TPSA) is 94.5 Å². The number of hydrogen-bond donors (Lipinski definition) is 3. The van der Waals surface area contributed by atoms with Gasteiger partial charge in [0.25, 0.3) is 0 Å². The van der Waals surface area contributed by atoms with Gasteiger partial charge in [-0.1, -0.05) is 18.2 Å². The maximum atomic E-state index is 12.5. The number of β-amino-alcohol motifs (C(OH)–C–C–N with tert-alkyl or cyclic N) is 1. The number of phenols is 1. The first-order valence-electron chi connectivity index (χ1n) is 10.8. The summed E-state index contributed by atoms with van der Waals surface area (Å²) in [6.07, 6.45) is -0.680. The van der Waals surface area contributed by atoms with Gasteiger partial charge < -0.3 is 25.0 Å². The number of carbonyl (C=O) groups is 1. The first-order chi connectivity index (χ1) is 15.4. The molecule has 2 aromatic rings. The Kier molecular flexibility index (Phi) is 8.33. The number of carbonyl (C=O) groups excluding carboxylic acids is 1. The lowest BCUT2D eigenvalue weighted by molar-refractivity contribution is -0.117. The summed E-state index contributed by atoms with van der Waals surface area (Å²) in [5.74, 6) is 0.964. The monoisotopic (exact) mass is 443 g/mol. The molecule has 0 spiro atoms. The van der Waals surface area contributed by atoms with Crippen LogP contribution in [0.2, 0.25) is 0 Å². The molecule has 1 aliphatic heterocycles. The van der Waals surface area contributed by atoms with Gasteiger partial charge in [0.1, 0.15) is 18.5 Å². The zero-order valence-corrected chi connectivity index (χ0v) is 19.0. The Balaban J connectivity index is 1.40. The van der Waals surface area contributed by atoms with Gasteiger partial charge in [-0.15, -0.1) is 0 Å². The number of aliphatic hydroxyl groups excluding tert-OH is 1. The first-order valence-corrected chi connectivity index (χ1v) is 10.8. The van der Waals surface area contributed by atoms with E-state index in [2.05, 4.69) is 15.1 Å². The Morgan fingerprint density at radius 1 is 1.06 bits per heavy atom. The summed E-state index contributed by atoms with van der Waals surface area (Å²) >= 11 is 0. The number of rotatable bonds is 9. The average Bonchev–Trinajstić information content (AvgIpc) is 2.76. The van der Waals surface area contributed by atoms with Crippen molar-refractivity contribution in [1.29, 1.82) is 0 Å².